The predicted octanol–water partition coefficient (Wildman–Crippen LogP) is 2.65. The molecule has 1 aromatic carbocycles. The van der Waals surface area contributed by atoms with Gasteiger partial charge in [0.05, 0.1) is 5.75 Å². The second kappa shape index (κ2) is 6.04. The molecule has 1 unspecified atom stereocenters. The van der Waals surface area contributed by atoms with Crippen molar-refractivity contribution >= 4 is 21.4 Å². The summed E-state index contributed by atoms with van der Waals surface area (Å²) < 4.78 is 22.9. The van der Waals surface area contributed by atoms with Crippen molar-refractivity contribution in [3.8, 4) is 0 Å². The van der Waals surface area contributed by atoms with E-state index in [2.05, 4.69) is 5.32 Å². The Morgan fingerprint density at radius 1 is 1.28 bits per heavy atom. The molecule has 1 aromatic rings. The highest BCUT2D eigenvalue weighted by Gasteiger charge is 2.19. The standard InChI is InChI=1S/C13H20ClNO2S/c1-5-15-13(8-18(4,16)17)11-6-9(2)10(3)7-12(11)14/h6-7,13,15H,5,8H2,1-4H3. The molecule has 0 fully saturated rings. The number of aryl methyl sites for hydroxylation is 2. The van der Waals surface area contributed by atoms with Crippen LogP contribution in [0.5, 0.6) is 0 Å². The fourth-order valence-electron chi connectivity index (χ4n) is 1.88. The maximum atomic E-state index is 11.5. The first kappa shape index (κ1) is 15.5. The van der Waals surface area contributed by atoms with Crippen LogP contribution in [0.25, 0.3) is 0 Å². The maximum absolute atomic E-state index is 11.5. The molecule has 102 valence electrons. The van der Waals surface area contributed by atoms with Crippen molar-refractivity contribution in [2.45, 2.75) is 26.8 Å². The summed E-state index contributed by atoms with van der Waals surface area (Å²) in [7, 11) is -3.05. The van der Waals surface area contributed by atoms with E-state index in [9.17, 15) is 8.42 Å². The van der Waals surface area contributed by atoms with E-state index in [-0.39, 0.29) is 11.8 Å². The van der Waals surface area contributed by atoms with Gasteiger partial charge in [0, 0.05) is 17.3 Å². The van der Waals surface area contributed by atoms with E-state index in [0.29, 0.717) is 11.6 Å². The first-order valence-corrected chi connectivity index (χ1v) is 8.36. The van der Waals surface area contributed by atoms with Crippen LogP contribution in [0.4, 0.5) is 0 Å². The molecule has 3 nitrogen and oxygen atoms in total. The van der Waals surface area contributed by atoms with Crippen LogP contribution in [0, 0.1) is 13.8 Å². The lowest BCUT2D eigenvalue weighted by Crippen LogP contribution is -2.28. The highest BCUT2D eigenvalue weighted by Crippen LogP contribution is 2.27. The molecule has 0 aromatic heterocycles. The van der Waals surface area contributed by atoms with Crippen molar-refractivity contribution < 1.29 is 8.42 Å². The topological polar surface area (TPSA) is 46.2 Å². The van der Waals surface area contributed by atoms with Gasteiger partial charge in [-0.1, -0.05) is 24.6 Å². The summed E-state index contributed by atoms with van der Waals surface area (Å²) in [5.74, 6) is 0.0586. The summed E-state index contributed by atoms with van der Waals surface area (Å²) in [6, 6.07) is 3.60. The van der Waals surface area contributed by atoms with Crippen LogP contribution >= 0.6 is 11.6 Å². The molecule has 18 heavy (non-hydrogen) atoms. The predicted molar refractivity (Wildman–Crippen MR) is 77.1 cm³/mol. The molecule has 0 spiro atoms. The summed E-state index contributed by atoms with van der Waals surface area (Å²) in [6.45, 7) is 6.64. The van der Waals surface area contributed by atoms with E-state index in [1.54, 1.807) is 0 Å². The van der Waals surface area contributed by atoms with Crippen LogP contribution in [0.15, 0.2) is 12.1 Å². The van der Waals surface area contributed by atoms with Gasteiger partial charge in [0.1, 0.15) is 9.84 Å². The van der Waals surface area contributed by atoms with E-state index < -0.39 is 9.84 Å². The average Bonchev–Trinajstić information content (AvgIpc) is 2.21. The minimum absolute atomic E-state index is 0.0586. The molecule has 0 saturated carbocycles. The number of hydrogen-bond donors (Lipinski definition) is 1. The quantitative estimate of drug-likeness (QED) is 0.906. The van der Waals surface area contributed by atoms with Crippen molar-refractivity contribution in [3.05, 3.63) is 33.8 Å². The summed E-state index contributed by atoms with van der Waals surface area (Å²) in [4.78, 5) is 0. The van der Waals surface area contributed by atoms with Crippen LogP contribution in [0.2, 0.25) is 5.02 Å². The molecular formula is C13H20ClNO2S. The van der Waals surface area contributed by atoms with Crippen molar-refractivity contribution in [2.24, 2.45) is 0 Å². The third kappa shape index (κ3) is 4.26. The molecular weight excluding hydrogens is 270 g/mol. The normalized spacial score (nSPS) is 13.6. The van der Waals surface area contributed by atoms with Gasteiger partial charge in [-0.05, 0) is 43.1 Å². The summed E-state index contributed by atoms with van der Waals surface area (Å²) in [6.07, 6.45) is 1.24. The molecule has 0 aliphatic carbocycles. The zero-order valence-corrected chi connectivity index (χ0v) is 12.8. The largest absolute Gasteiger partial charge is 0.309 e. The van der Waals surface area contributed by atoms with Crippen LogP contribution in [0.1, 0.15) is 29.7 Å². The van der Waals surface area contributed by atoms with Crippen LogP contribution in [-0.2, 0) is 9.84 Å². The van der Waals surface area contributed by atoms with Gasteiger partial charge in [-0.3, -0.25) is 0 Å². The Morgan fingerprint density at radius 2 is 1.83 bits per heavy atom. The van der Waals surface area contributed by atoms with Crippen LogP contribution in [0.3, 0.4) is 0 Å². The van der Waals surface area contributed by atoms with Crippen molar-refractivity contribution in [1.29, 1.82) is 0 Å². The molecule has 0 heterocycles. The Balaban J connectivity index is 3.17. The van der Waals surface area contributed by atoms with Gasteiger partial charge in [-0.2, -0.15) is 0 Å². The molecule has 0 aliphatic rings. The number of hydrogen-bond acceptors (Lipinski definition) is 3. The molecule has 0 saturated heterocycles. The van der Waals surface area contributed by atoms with Gasteiger partial charge >= 0.3 is 0 Å². The van der Waals surface area contributed by atoms with Gasteiger partial charge < -0.3 is 5.32 Å². The van der Waals surface area contributed by atoms with E-state index in [0.717, 1.165) is 16.7 Å². The maximum Gasteiger partial charge on any atom is 0.149 e. The lowest BCUT2D eigenvalue weighted by molar-refractivity contribution is 0.563. The van der Waals surface area contributed by atoms with Gasteiger partial charge in [0.15, 0.2) is 0 Å². The van der Waals surface area contributed by atoms with Gasteiger partial charge in [0.2, 0.25) is 0 Å². The molecule has 0 amide bonds. The van der Waals surface area contributed by atoms with E-state index in [4.69, 9.17) is 11.6 Å². The Kier molecular flexibility index (Phi) is 5.20. The van der Waals surface area contributed by atoms with Crippen molar-refractivity contribution in [1.82, 2.24) is 5.32 Å². The average molecular weight is 290 g/mol. The fraction of sp³-hybridized carbons (Fsp3) is 0.538. The highest BCUT2D eigenvalue weighted by molar-refractivity contribution is 7.90. The number of benzene rings is 1. The van der Waals surface area contributed by atoms with Gasteiger partial charge in [0.25, 0.3) is 0 Å². The van der Waals surface area contributed by atoms with E-state index in [1.165, 1.54) is 6.26 Å². The molecule has 1 atom stereocenters. The SMILES string of the molecule is CCNC(CS(C)(=O)=O)c1cc(C)c(C)cc1Cl. The molecule has 1 rings (SSSR count). The van der Waals surface area contributed by atoms with Crippen LogP contribution in [-0.4, -0.2) is 27.0 Å². The first-order valence-electron chi connectivity index (χ1n) is 5.92. The Bertz CT molecular complexity index is 526. The summed E-state index contributed by atoms with van der Waals surface area (Å²) >= 11 is 6.23. The smallest absolute Gasteiger partial charge is 0.149 e. The Morgan fingerprint density at radius 3 is 2.33 bits per heavy atom. The third-order valence-corrected chi connectivity index (χ3v) is 4.17. The second-order valence-electron chi connectivity index (χ2n) is 4.66. The molecule has 0 radical (unpaired) electrons. The summed E-state index contributed by atoms with van der Waals surface area (Å²) in [5.41, 5.74) is 3.08. The first-order chi connectivity index (χ1) is 8.24. The number of halogens is 1. The molecule has 1 N–H and O–H groups in total. The Labute approximate surface area is 114 Å². The van der Waals surface area contributed by atoms with Crippen molar-refractivity contribution in [2.75, 3.05) is 18.6 Å². The van der Waals surface area contributed by atoms with Gasteiger partial charge in [-0.15, -0.1) is 0 Å². The molecule has 0 aliphatic heterocycles. The second-order valence-corrected chi connectivity index (χ2v) is 7.25. The fourth-order valence-corrected chi connectivity index (χ4v) is 3.13. The lowest BCUT2D eigenvalue weighted by atomic mass is 10.0. The monoisotopic (exact) mass is 289 g/mol. The van der Waals surface area contributed by atoms with Crippen LogP contribution < -0.4 is 5.32 Å². The third-order valence-electron chi connectivity index (χ3n) is 2.91. The minimum atomic E-state index is -3.05. The lowest BCUT2D eigenvalue weighted by Gasteiger charge is -2.20. The number of sulfone groups is 1. The highest BCUT2D eigenvalue weighted by atomic mass is 35.5. The van der Waals surface area contributed by atoms with Crippen molar-refractivity contribution in [3.63, 3.8) is 0 Å². The zero-order valence-electron chi connectivity index (χ0n) is 11.2. The minimum Gasteiger partial charge on any atom is -0.309 e. The van der Waals surface area contributed by atoms with E-state index >= 15 is 0 Å². The Hall–Kier alpha value is -0.580. The zero-order chi connectivity index (χ0) is 13.9. The number of rotatable bonds is 5. The van der Waals surface area contributed by atoms with Gasteiger partial charge in [-0.25, -0.2) is 8.42 Å². The molecule has 0 bridgehead atoms. The molecule has 5 heteroatoms. The number of nitrogens with one attached hydrogen (secondary N) is 1. The summed E-state index contributed by atoms with van der Waals surface area (Å²) in [5, 5.41) is 3.80. The van der Waals surface area contributed by atoms with E-state index in [1.807, 2.05) is 32.9 Å².